The Morgan fingerprint density at radius 3 is 2.08 bits per heavy atom. The smallest absolute Gasteiger partial charge is 0.337 e. The van der Waals surface area contributed by atoms with Crippen LogP contribution in [0.4, 0.5) is 0 Å². The molecule has 0 spiro atoms. The molecule has 4 rings (SSSR count). The molecule has 8 heteroatoms. The number of esters is 2. The SMILES string of the molecule is COC(=O)C1=C(C)NC2=C(C(=O)C[C@@H](c3ccc(OC)c(OC)c3)C2)[C@@H]1c1ccc(C(=O)OC)cc1. The van der Waals surface area contributed by atoms with Crippen LogP contribution >= 0.6 is 0 Å². The Labute approximate surface area is 209 Å². The molecule has 36 heavy (non-hydrogen) atoms. The number of carbonyl (C=O) groups is 3. The van der Waals surface area contributed by atoms with E-state index < -0.39 is 17.9 Å². The Morgan fingerprint density at radius 1 is 0.833 bits per heavy atom. The van der Waals surface area contributed by atoms with Crippen LogP contribution < -0.4 is 14.8 Å². The van der Waals surface area contributed by atoms with Gasteiger partial charge < -0.3 is 24.3 Å². The van der Waals surface area contributed by atoms with Gasteiger partial charge in [0.25, 0.3) is 0 Å². The summed E-state index contributed by atoms with van der Waals surface area (Å²) in [4.78, 5) is 38.4. The Bertz CT molecular complexity index is 1270. The second kappa shape index (κ2) is 10.3. The predicted octanol–water partition coefficient (Wildman–Crippen LogP) is 4.03. The van der Waals surface area contributed by atoms with Crippen molar-refractivity contribution in [3.05, 3.63) is 81.7 Å². The third-order valence-electron chi connectivity index (χ3n) is 6.78. The highest BCUT2D eigenvalue weighted by Gasteiger charge is 2.41. The van der Waals surface area contributed by atoms with Crippen LogP contribution in [0, 0.1) is 0 Å². The zero-order chi connectivity index (χ0) is 26.0. The highest BCUT2D eigenvalue weighted by Crippen LogP contribution is 2.46. The molecule has 1 heterocycles. The molecule has 188 valence electrons. The minimum Gasteiger partial charge on any atom is -0.493 e. The third kappa shape index (κ3) is 4.46. The van der Waals surface area contributed by atoms with E-state index in [0.717, 1.165) is 11.3 Å². The molecule has 0 bridgehead atoms. The molecule has 0 saturated carbocycles. The maximum absolute atomic E-state index is 13.7. The molecule has 2 aromatic rings. The largest absolute Gasteiger partial charge is 0.493 e. The lowest BCUT2D eigenvalue weighted by Crippen LogP contribution is -2.36. The zero-order valence-electron chi connectivity index (χ0n) is 21.0. The standard InChI is InChI=1S/C28H29NO7/c1-15-24(28(32)36-5)25(16-6-8-17(9-7-16)27(31)35-4)26-20(29-15)12-19(13-21(26)30)18-10-11-22(33-2)23(14-18)34-3/h6-11,14,19,25,29H,12-13H2,1-5H3/t19-,25+/m0/s1. The van der Waals surface area contributed by atoms with Crippen LogP contribution in [0.5, 0.6) is 11.5 Å². The number of Topliss-reactive ketones (excluding diaryl/α,β-unsaturated/α-hetero) is 1. The molecule has 0 saturated heterocycles. The van der Waals surface area contributed by atoms with Crippen molar-refractivity contribution in [1.29, 1.82) is 0 Å². The quantitative estimate of drug-likeness (QED) is 0.605. The Hall–Kier alpha value is -4.07. The van der Waals surface area contributed by atoms with Gasteiger partial charge in [-0.05, 0) is 54.7 Å². The Balaban J connectivity index is 1.76. The van der Waals surface area contributed by atoms with Crippen LogP contribution in [0.3, 0.4) is 0 Å². The van der Waals surface area contributed by atoms with E-state index in [9.17, 15) is 14.4 Å². The lowest BCUT2D eigenvalue weighted by atomic mass is 9.71. The first kappa shape index (κ1) is 25.0. The van der Waals surface area contributed by atoms with Crippen molar-refractivity contribution in [2.45, 2.75) is 31.6 Å². The molecule has 2 atom stereocenters. The van der Waals surface area contributed by atoms with Gasteiger partial charge in [-0.25, -0.2) is 9.59 Å². The van der Waals surface area contributed by atoms with E-state index >= 15 is 0 Å². The fraction of sp³-hybridized carbons (Fsp3) is 0.321. The van der Waals surface area contributed by atoms with Gasteiger partial charge in [-0.15, -0.1) is 0 Å². The number of ketones is 1. The van der Waals surface area contributed by atoms with Crippen LogP contribution in [0.15, 0.2) is 65.0 Å². The molecular weight excluding hydrogens is 462 g/mol. The molecule has 0 amide bonds. The summed E-state index contributed by atoms with van der Waals surface area (Å²) in [5, 5.41) is 3.31. The van der Waals surface area contributed by atoms with Crippen molar-refractivity contribution in [2.24, 2.45) is 0 Å². The van der Waals surface area contributed by atoms with Gasteiger partial charge in [0.05, 0.1) is 39.6 Å². The molecule has 1 N–H and O–H groups in total. The summed E-state index contributed by atoms with van der Waals surface area (Å²) in [6.07, 6.45) is 0.860. The predicted molar refractivity (Wildman–Crippen MR) is 132 cm³/mol. The van der Waals surface area contributed by atoms with E-state index in [1.54, 1.807) is 45.4 Å². The number of hydrogen-bond acceptors (Lipinski definition) is 8. The summed E-state index contributed by atoms with van der Waals surface area (Å²) in [7, 11) is 5.79. The minimum absolute atomic E-state index is 0.0560. The number of hydrogen-bond donors (Lipinski definition) is 1. The van der Waals surface area contributed by atoms with Gasteiger partial charge in [0.1, 0.15) is 0 Å². The average molecular weight is 492 g/mol. The van der Waals surface area contributed by atoms with Crippen molar-refractivity contribution in [3.63, 3.8) is 0 Å². The minimum atomic E-state index is -0.612. The van der Waals surface area contributed by atoms with Crippen molar-refractivity contribution in [2.75, 3.05) is 28.4 Å². The van der Waals surface area contributed by atoms with Crippen LogP contribution in [0.25, 0.3) is 0 Å². The van der Waals surface area contributed by atoms with Crippen molar-refractivity contribution in [3.8, 4) is 11.5 Å². The number of allylic oxidation sites excluding steroid dienone is 3. The molecule has 2 aromatic carbocycles. The number of carbonyl (C=O) groups excluding carboxylic acids is 3. The van der Waals surface area contributed by atoms with Gasteiger partial charge in [0.15, 0.2) is 17.3 Å². The van der Waals surface area contributed by atoms with Gasteiger partial charge in [-0.2, -0.15) is 0 Å². The number of benzene rings is 2. The van der Waals surface area contributed by atoms with Gasteiger partial charge in [0.2, 0.25) is 0 Å². The van der Waals surface area contributed by atoms with Gasteiger partial charge in [0, 0.05) is 29.3 Å². The molecule has 2 aliphatic rings. The molecule has 0 radical (unpaired) electrons. The summed E-state index contributed by atoms with van der Waals surface area (Å²) < 4.78 is 20.7. The average Bonchev–Trinajstić information content (AvgIpc) is 2.90. The lowest BCUT2D eigenvalue weighted by molar-refractivity contribution is -0.136. The number of methoxy groups -OCH3 is 4. The van der Waals surface area contributed by atoms with Crippen molar-refractivity contribution >= 4 is 17.7 Å². The highest BCUT2D eigenvalue weighted by atomic mass is 16.5. The van der Waals surface area contributed by atoms with Gasteiger partial charge in [-0.1, -0.05) is 18.2 Å². The molecule has 0 fully saturated rings. The van der Waals surface area contributed by atoms with E-state index in [4.69, 9.17) is 18.9 Å². The van der Waals surface area contributed by atoms with Crippen LogP contribution in [0.1, 0.15) is 53.1 Å². The first-order valence-electron chi connectivity index (χ1n) is 11.5. The maximum Gasteiger partial charge on any atom is 0.337 e. The first-order chi connectivity index (χ1) is 17.3. The summed E-state index contributed by atoms with van der Waals surface area (Å²) in [6.45, 7) is 1.80. The second-order valence-corrected chi connectivity index (χ2v) is 8.74. The fourth-order valence-corrected chi connectivity index (χ4v) is 5.02. The van der Waals surface area contributed by atoms with Crippen LogP contribution in [-0.4, -0.2) is 46.2 Å². The number of rotatable bonds is 6. The van der Waals surface area contributed by atoms with E-state index in [-0.39, 0.29) is 18.1 Å². The van der Waals surface area contributed by atoms with E-state index in [1.165, 1.54) is 14.2 Å². The van der Waals surface area contributed by atoms with E-state index in [1.807, 2.05) is 18.2 Å². The lowest BCUT2D eigenvalue weighted by Gasteiger charge is -2.36. The highest BCUT2D eigenvalue weighted by molar-refractivity contribution is 6.04. The molecule has 1 aliphatic heterocycles. The summed E-state index contributed by atoms with van der Waals surface area (Å²) in [6, 6.07) is 12.4. The fourth-order valence-electron chi connectivity index (χ4n) is 5.02. The molecule has 0 aromatic heterocycles. The zero-order valence-corrected chi connectivity index (χ0v) is 21.0. The Kier molecular flexibility index (Phi) is 7.15. The van der Waals surface area contributed by atoms with Crippen molar-refractivity contribution in [1.82, 2.24) is 5.32 Å². The molecule has 0 unspecified atom stereocenters. The van der Waals surface area contributed by atoms with E-state index in [0.29, 0.717) is 45.9 Å². The second-order valence-electron chi connectivity index (χ2n) is 8.74. The summed E-state index contributed by atoms with van der Waals surface area (Å²) in [5.74, 6) is -0.485. The number of nitrogens with one attached hydrogen (secondary N) is 1. The molecule has 1 aliphatic carbocycles. The topological polar surface area (TPSA) is 100 Å². The van der Waals surface area contributed by atoms with Gasteiger partial charge >= 0.3 is 11.9 Å². The van der Waals surface area contributed by atoms with Crippen LogP contribution in [-0.2, 0) is 19.1 Å². The molecule has 8 nitrogen and oxygen atoms in total. The summed E-state index contributed by atoms with van der Waals surface area (Å²) >= 11 is 0. The van der Waals surface area contributed by atoms with Crippen LogP contribution in [0.2, 0.25) is 0 Å². The van der Waals surface area contributed by atoms with E-state index in [2.05, 4.69) is 5.32 Å². The Morgan fingerprint density at radius 2 is 1.47 bits per heavy atom. The third-order valence-corrected chi connectivity index (χ3v) is 6.78. The number of dihydropyridines is 1. The summed E-state index contributed by atoms with van der Waals surface area (Å²) in [5.41, 5.74) is 4.39. The first-order valence-corrected chi connectivity index (χ1v) is 11.5. The van der Waals surface area contributed by atoms with Crippen molar-refractivity contribution < 1.29 is 33.3 Å². The normalized spacial score (nSPS) is 19.3. The van der Waals surface area contributed by atoms with Gasteiger partial charge in [-0.3, -0.25) is 4.79 Å². The maximum atomic E-state index is 13.7. The number of ether oxygens (including phenoxy) is 4. The molecular formula is C28H29NO7. The monoisotopic (exact) mass is 491 g/mol.